The topological polar surface area (TPSA) is 35.8 Å². The van der Waals surface area contributed by atoms with E-state index in [-0.39, 0.29) is 11.6 Å². The van der Waals surface area contributed by atoms with Crippen molar-refractivity contribution < 1.29 is 4.39 Å². The first-order chi connectivity index (χ1) is 9.13. The monoisotopic (exact) mass is 280 g/mol. The third-order valence-corrected chi connectivity index (χ3v) is 4.24. The molecule has 0 heterocycles. The summed E-state index contributed by atoms with van der Waals surface area (Å²) in [5.41, 5.74) is 0.268. The molecule has 4 heteroatoms. The summed E-state index contributed by atoms with van der Waals surface area (Å²) in [6.45, 7) is 2.17. The van der Waals surface area contributed by atoms with Crippen molar-refractivity contribution in [1.29, 1.82) is 5.26 Å². The Morgan fingerprint density at radius 2 is 2.16 bits per heavy atom. The average molecular weight is 281 g/mol. The van der Waals surface area contributed by atoms with Crippen LogP contribution in [0.4, 0.5) is 4.39 Å². The van der Waals surface area contributed by atoms with Crippen LogP contribution in [0.2, 0.25) is 5.02 Å². The highest BCUT2D eigenvalue weighted by atomic mass is 35.5. The predicted octanol–water partition coefficient (Wildman–Crippen LogP) is 4.21. The van der Waals surface area contributed by atoms with E-state index in [1.54, 1.807) is 12.1 Å². The van der Waals surface area contributed by atoms with E-state index in [0.29, 0.717) is 10.9 Å². The van der Waals surface area contributed by atoms with E-state index < -0.39 is 11.9 Å². The second-order valence-electron chi connectivity index (χ2n) is 5.23. The third-order valence-electron chi connectivity index (χ3n) is 3.91. The first kappa shape index (κ1) is 14.3. The number of benzene rings is 1. The normalized spacial score (nSPS) is 24.7. The van der Waals surface area contributed by atoms with Crippen LogP contribution < -0.4 is 5.32 Å². The van der Waals surface area contributed by atoms with E-state index in [1.165, 1.54) is 12.5 Å². The molecule has 0 saturated heterocycles. The quantitative estimate of drug-likeness (QED) is 0.900. The second kappa shape index (κ2) is 6.36. The van der Waals surface area contributed by atoms with Crippen LogP contribution in [0.3, 0.4) is 0 Å². The highest BCUT2D eigenvalue weighted by Gasteiger charge is 2.26. The zero-order valence-corrected chi connectivity index (χ0v) is 11.8. The van der Waals surface area contributed by atoms with Crippen molar-refractivity contribution >= 4 is 11.6 Å². The Morgan fingerprint density at radius 3 is 2.79 bits per heavy atom. The van der Waals surface area contributed by atoms with E-state index in [1.807, 2.05) is 0 Å². The first-order valence-corrected chi connectivity index (χ1v) is 7.11. The molecule has 0 radical (unpaired) electrons. The fraction of sp³-hybridized carbons (Fsp3) is 0.533. The van der Waals surface area contributed by atoms with Gasteiger partial charge in [-0.05, 0) is 30.9 Å². The fourth-order valence-electron chi connectivity index (χ4n) is 2.75. The van der Waals surface area contributed by atoms with Crippen molar-refractivity contribution in [2.24, 2.45) is 5.92 Å². The molecule has 1 aromatic carbocycles. The summed E-state index contributed by atoms with van der Waals surface area (Å²) in [5, 5.41) is 12.9. The van der Waals surface area contributed by atoms with E-state index in [4.69, 9.17) is 11.6 Å². The van der Waals surface area contributed by atoms with Crippen molar-refractivity contribution in [2.45, 2.75) is 44.7 Å². The van der Waals surface area contributed by atoms with Crippen molar-refractivity contribution in [3.8, 4) is 6.07 Å². The van der Waals surface area contributed by atoms with Crippen molar-refractivity contribution in [1.82, 2.24) is 5.32 Å². The van der Waals surface area contributed by atoms with Crippen LogP contribution >= 0.6 is 11.6 Å². The van der Waals surface area contributed by atoms with Gasteiger partial charge in [0.1, 0.15) is 11.9 Å². The van der Waals surface area contributed by atoms with Gasteiger partial charge in [0.2, 0.25) is 0 Å². The SMILES string of the molecule is CC1CCCCC1NC(C#N)c1c(F)cccc1Cl. The lowest BCUT2D eigenvalue weighted by Gasteiger charge is -2.31. The molecule has 0 aliphatic heterocycles. The molecule has 2 rings (SSSR count). The Kier molecular flexibility index (Phi) is 4.79. The van der Waals surface area contributed by atoms with E-state index >= 15 is 0 Å². The summed E-state index contributed by atoms with van der Waals surface area (Å²) in [6, 6.07) is 6.23. The van der Waals surface area contributed by atoms with Gasteiger partial charge in [-0.1, -0.05) is 37.4 Å². The molecule has 102 valence electrons. The Labute approximate surface area is 118 Å². The van der Waals surface area contributed by atoms with Gasteiger partial charge in [-0.25, -0.2) is 4.39 Å². The Balaban J connectivity index is 2.19. The lowest BCUT2D eigenvalue weighted by molar-refractivity contribution is 0.270. The lowest BCUT2D eigenvalue weighted by atomic mass is 9.85. The summed E-state index contributed by atoms with van der Waals surface area (Å²) < 4.78 is 13.9. The van der Waals surface area contributed by atoms with Crippen LogP contribution in [0.25, 0.3) is 0 Å². The summed E-state index contributed by atoms with van der Waals surface area (Å²) in [5.74, 6) is 0.0881. The molecule has 19 heavy (non-hydrogen) atoms. The largest absolute Gasteiger partial charge is 0.295 e. The smallest absolute Gasteiger partial charge is 0.130 e. The van der Waals surface area contributed by atoms with Crippen LogP contribution in [0.15, 0.2) is 18.2 Å². The van der Waals surface area contributed by atoms with Crippen LogP contribution in [0.5, 0.6) is 0 Å². The zero-order chi connectivity index (χ0) is 13.8. The second-order valence-corrected chi connectivity index (χ2v) is 5.64. The van der Waals surface area contributed by atoms with Gasteiger partial charge in [-0.2, -0.15) is 5.26 Å². The summed E-state index contributed by atoms with van der Waals surface area (Å²) in [7, 11) is 0. The molecule has 0 spiro atoms. The molecule has 1 saturated carbocycles. The van der Waals surface area contributed by atoms with Crippen LogP contribution in [0.1, 0.15) is 44.2 Å². The fourth-order valence-corrected chi connectivity index (χ4v) is 3.02. The van der Waals surface area contributed by atoms with Gasteiger partial charge in [0.15, 0.2) is 0 Å². The minimum absolute atomic E-state index is 0.258. The molecule has 2 nitrogen and oxygen atoms in total. The maximum absolute atomic E-state index is 13.9. The number of nitrogens with zero attached hydrogens (tertiary/aromatic N) is 1. The first-order valence-electron chi connectivity index (χ1n) is 6.73. The molecular weight excluding hydrogens is 263 g/mol. The van der Waals surface area contributed by atoms with E-state index in [9.17, 15) is 9.65 Å². The van der Waals surface area contributed by atoms with Gasteiger partial charge in [0, 0.05) is 16.6 Å². The summed E-state index contributed by atoms with van der Waals surface area (Å²) >= 11 is 6.03. The highest BCUT2D eigenvalue weighted by Crippen LogP contribution is 2.29. The minimum Gasteiger partial charge on any atom is -0.295 e. The summed E-state index contributed by atoms with van der Waals surface area (Å²) in [6.07, 6.45) is 4.58. The van der Waals surface area contributed by atoms with Crippen LogP contribution in [-0.4, -0.2) is 6.04 Å². The van der Waals surface area contributed by atoms with Crippen molar-refractivity contribution in [3.63, 3.8) is 0 Å². The van der Waals surface area contributed by atoms with Crippen molar-refractivity contribution in [3.05, 3.63) is 34.6 Å². The minimum atomic E-state index is -0.681. The van der Waals surface area contributed by atoms with Gasteiger partial charge >= 0.3 is 0 Å². The number of halogens is 2. The zero-order valence-electron chi connectivity index (χ0n) is 11.0. The Morgan fingerprint density at radius 1 is 1.42 bits per heavy atom. The Bertz CT molecular complexity index is 463. The van der Waals surface area contributed by atoms with Gasteiger partial charge < -0.3 is 0 Å². The molecule has 1 N–H and O–H groups in total. The maximum Gasteiger partial charge on any atom is 0.130 e. The molecule has 3 unspecified atom stereocenters. The molecule has 0 aromatic heterocycles. The van der Waals surface area contributed by atoms with Gasteiger partial charge in [-0.15, -0.1) is 0 Å². The number of rotatable bonds is 3. The third kappa shape index (κ3) is 3.26. The standard InChI is InChI=1S/C15H18ClFN2/c1-10-5-2-3-8-13(10)19-14(9-18)15-11(16)6-4-7-12(15)17/h4,6-7,10,13-14,19H,2-3,5,8H2,1H3. The predicted molar refractivity (Wildman–Crippen MR) is 74.3 cm³/mol. The molecule has 1 aliphatic carbocycles. The lowest BCUT2D eigenvalue weighted by Crippen LogP contribution is -2.39. The van der Waals surface area contributed by atoms with Gasteiger partial charge in [-0.3, -0.25) is 5.32 Å². The molecule has 1 aliphatic rings. The Hall–Kier alpha value is -1.11. The van der Waals surface area contributed by atoms with Crippen molar-refractivity contribution in [2.75, 3.05) is 0 Å². The van der Waals surface area contributed by atoms with E-state index in [0.717, 1.165) is 19.3 Å². The van der Waals surface area contributed by atoms with Gasteiger partial charge in [0.05, 0.1) is 6.07 Å². The number of hydrogen-bond donors (Lipinski definition) is 1. The number of hydrogen-bond acceptors (Lipinski definition) is 2. The highest BCUT2D eigenvalue weighted by molar-refractivity contribution is 6.31. The van der Waals surface area contributed by atoms with Crippen LogP contribution in [-0.2, 0) is 0 Å². The molecule has 1 aromatic rings. The molecule has 1 fully saturated rings. The maximum atomic E-state index is 13.9. The van der Waals surface area contributed by atoms with Gasteiger partial charge in [0.25, 0.3) is 0 Å². The molecule has 0 amide bonds. The summed E-state index contributed by atoms with van der Waals surface area (Å²) in [4.78, 5) is 0. The average Bonchev–Trinajstić information content (AvgIpc) is 2.39. The number of nitrogens with one attached hydrogen (secondary N) is 1. The molecule has 0 bridgehead atoms. The molecular formula is C15H18ClFN2. The number of nitriles is 1. The van der Waals surface area contributed by atoms with Crippen LogP contribution in [0, 0.1) is 23.1 Å². The molecule has 3 atom stereocenters. The van der Waals surface area contributed by atoms with E-state index in [2.05, 4.69) is 18.3 Å².